The van der Waals surface area contributed by atoms with E-state index in [1.54, 1.807) is 6.08 Å². The van der Waals surface area contributed by atoms with Crippen molar-refractivity contribution in [1.29, 1.82) is 0 Å². The molecular weight excluding hydrogens is 174 g/mol. The van der Waals surface area contributed by atoms with E-state index in [0.717, 1.165) is 18.7 Å². The molecule has 0 fully saturated rings. The van der Waals surface area contributed by atoms with Gasteiger partial charge >= 0.3 is 0 Å². The molecular formula is C12H17NO. The number of nitrogens with one attached hydrogen (secondary N) is 1. The second-order valence-electron chi connectivity index (χ2n) is 3.06. The number of benzene rings is 1. The molecule has 2 heteroatoms. The van der Waals surface area contributed by atoms with Gasteiger partial charge in [0.25, 0.3) is 0 Å². The maximum absolute atomic E-state index is 5.31. The van der Waals surface area contributed by atoms with Gasteiger partial charge in [-0.1, -0.05) is 18.2 Å². The van der Waals surface area contributed by atoms with Crippen molar-refractivity contribution >= 4 is 5.69 Å². The van der Waals surface area contributed by atoms with Crippen LogP contribution in [0, 0.1) is 0 Å². The molecule has 0 aliphatic heterocycles. The van der Waals surface area contributed by atoms with E-state index < -0.39 is 0 Å². The lowest BCUT2D eigenvalue weighted by Gasteiger charge is -2.03. The summed E-state index contributed by atoms with van der Waals surface area (Å²) in [4.78, 5) is 0. The fraction of sp³-hybridized carbons (Fsp3) is 0.333. The predicted octanol–water partition coefficient (Wildman–Crippen LogP) is 2.47. The molecule has 14 heavy (non-hydrogen) atoms. The van der Waals surface area contributed by atoms with Gasteiger partial charge in [-0.2, -0.15) is 0 Å². The standard InChI is InChI=1S/C12H17NO/c1-3-9-14-10-8-11-4-6-12(13-2)7-5-11/h3-7,13H,1,8-10H2,2H3. The summed E-state index contributed by atoms with van der Waals surface area (Å²) >= 11 is 0. The van der Waals surface area contributed by atoms with Crippen molar-refractivity contribution in [3.8, 4) is 0 Å². The van der Waals surface area contributed by atoms with Gasteiger partial charge < -0.3 is 10.1 Å². The maximum atomic E-state index is 5.31. The zero-order valence-corrected chi connectivity index (χ0v) is 8.62. The Morgan fingerprint density at radius 1 is 1.36 bits per heavy atom. The van der Waals surface area contributed by atoms with E-state index in [2.05, 4.69) is 36.2 Å². The molecule has 0 radical (unpaired) electrons. The first-order valence-electron chi connectivity index (χ1n) is 4.82. The quantitative estimate of drug-likeness (QED) is 0.551. The SMILES string of the molecule is C=CCOCCc1ccc(NC)cc1. The number of hydrogen-bond donors (Lipinski definition) is 1. The summed E-state index contributed by atoms with van der Waals surface area (Å²) < 4.78 is 5.31. The van der Waals surface area contributed by atoms with Crippen LogP contribution in [0.1, 0.15) is 5.56 Å². The van der Waals surface area contributed by atoms with Crippen LogP contribution in [0.25, 0.3) is 0 Å². The van der Waals surface area contributed by atoms with E-state index >= 15 is 0 Å². The van der Waals surface area contributed by atoms with Crippen molar-refractivity contribution in [2.75, 3.05) is 25.6 Å². The Hall–Kier alpha value is -1.28. The molecule has 0 spiro atoms. The first-order valence-corrected chi connectivity index (χ1v) is 4.82. The molecule has 0 unspecified atom stereocenters. The fourth-order valence-corrected chi connectivity index (χ4v) is 1.19. The molecule has 0 bridgehead atoms. The Labute approximate surface area is 85.6 Å². The third-order valence-corrected chi connectivity index (χ3v) is 2.01. The summed E-state index contributed by atoms with van der Waals surface area (Å²) in [6, 6.07) is 8.37. The molecule has 1 rings (SSSR count). The van der Waals surface area contributed by atoms with Crippen LogP contribution in [0.4, 0.5) is 5.69 Å². The molecule has 0 heterocycles. The third kappa shape index (κ3) is 3.62. The van der Waals surface area contributed by atoms with E-state index in [4.69, 9.17) is 4.74 Å². The highest BCUT2D eigenvalue weighted by atomic mass is 16.5. The average molecular weight is 191 g/mol. The van der Waals surface area contributed by atoms with Crippen LogP contribution in [0.15, 0.2) is 36.9 Å². The van der Waals surface area contributed by atoms with Gasteiger partial charge in [0.2, 0.25) is 0 Å². The van der Waals surface area contributed by atoms with E-state index in [-0.39, 0.29) is 0 Å². The molecule has 1 N–H and O–H groups in total. The highest BCUT2D eigenvalue weighted by Gasteiger charge is 1.93. The molecule has 76 valence electrons. The molecule has 0 saturated heterocycles. The third-order valence-electron chi connectivity index (χ3n) is 2.01. The smallest absolute Gasteiger partial charge is 0.0644 e. The highest BCUT2D eigenvalue weighted by molar-refractivity contribution is 5.43. The molecule has 1 aromatic rings. The minimum atomic E-state index is 0.634. The Balaban J connectivity index is 2.32. The molecule has 0 aromatic heterocycles. The van der Waals surface area contributed by atoms with Crippen LogP contribution in [0.2, 0.25) is 0 Å². The highest BCUT2D eigenvalue weighted by Crippen LogP contribution is 2.08. The zero-order chi connectivity index (χ0) is 10.2. The van der Waals surface area contributed by atoms with Gasteiger partial charge in [-0.15, -0.1) is 6.58 Å². The molecule has 0 saturated carbocycles. The van der Waals surface area contributed by atoms with Gasteiger partial charge in [-0.05, 0) is 24.1 Å². The lowest BCUT2D eigenvalue weighted by atomic mass is 10.1. The van der Waals surface area contributed by atoms with Crippen molar-refractivity contribution in [1.82, 2.24) is 0 Å². The lowest BCUT2D eigenvalue weighted by Crippen LogP contribution is -1.98. The second-order valence-corrected chi connectivity index (χ2v) is 3.06. The number of hydrogen-bond acceptors (Lipinski definition) is 2. The summed E-state index contributed by atoms with van der Waals surface area (Å²) in [7, 11) is 1.92. The Morgan fingerprint density at radius 3 is 2.64 bits per heavy atom. The minimum Gasteiger partial charge on any atom is -0.388 e. The first kappa shape index (κ1) is 10.8. The van der Waals surface area contributed by atoms with Crippen LogP contribution in [-0.2, 0) is 11.2 Å². The number of anilines is 1. The average Bonchev–Trinajstić information content (AvgIpc) is 2.25. The van der Waals surface area contributed by atoms with Gasteiger partial charge in [0.1, 0.15) is 0 Å². The van der Waals surface area contributed by atoms with E-state index in [1.165, 1.54) is 5.56 Å². The van der Waals surface area contributed by atoms with Crippen LogP contribution in [-0.4, -0.2) is 20.3 Å². The first-order chi connectivity index (χ1) is 6.86. The normalized spacial score (nSPS) is 9.79. The van der Waals surface area contributed by atoms with E-state index in [0.29, 0.717) is 6.61 Å². The maximum Gasteiger partial charge on any atom is 0.0644 e. The number of rotatable bonds is 6. The topological polar surface area (TPSA) is 21.3 Å². The summed E-state index contributed by atoms with van der Waals surface area (Å²) in [5.41, 5.74) is 2.44. The zero-order valence-electron chi connectivity index (χ0n) is 8.62. The lowest BCUT2D eigenvalue weighted by molar-refractivity contribution is 0.166. The van der Waals surface area contributed by atoms with Crippen molar-refractivity contribution in [3.05, 3.63) is 42.5 Å². The number of ether oxygens (including phenoxy) is 1. The van der Waals surface area contributed by atoms with Gasteiger partial charge in [0, 0.05) is 12.7 Å². The molecule has 2 nitrogen and oxygen atoms in total. The fourth-order valence-electron chi connectivity index (χ4n) is 1.19. The monoisotopic (exact) mass is 191 g/mol. The molecule has 0 aliphatic carbocycles. The van der Waals surface area contributed by atoms with Crippen molar-refractivity contribution in [3.63, 3.8) is 0 Å². The van der Waals surface area contributed by atoms with Crippen molar-refractivity contribution in [2.24, 2.45) is 0 Å². The van der Waals surface area contributed by atoms with E-state index in [1.807, 2.05) is 7.05 Å². The van der Waals surface area contributed by atoms with Crippen LogP contribution in [0.3, 0.4) is 0 Å². The van der Waals surface area contributed by atoms with Crippen LogP contribution >= 0.6 is 0 Å². The predicted molar refractivity (Wildman–Crippen MR) is 60.7 cm³/mol. The Morgan fingerprint density at radius 2 is 2.07 bits per heavy atom. The van der Waals surface area contributed by atoms with Gasteiger partial charge in [-0.3, -0.25) is 0 Å². The van der Waals surface area contributed by atoms with Gasteiger partial charge in [0.05, 0.1) is 13.2 Å². The molecule has 1 aromatic carbocycles. The second kappa shape index (κ2) is 6.22. The summed E-state index contributed by atoms with van der Waals surface area (Å²) in [5.74, 6) is 0. The van der Waals surface area contributed by atoms with E-state index in [9.17, 15) is 0 Å². The Kier molecular flexibility index (Phi) is 4.79. The van der Waals surface area contributed by atoms with Crippen LogP contribution in [0.5, 0.6) is 0 Å². The molecule has 0 atom stereocenters. The van der Waals surface area contributed by atoms with Gasteiger partial charge in [0.15, 0.2) is 0 Å². The summed E-state index contributed by atoms with van der Waals surface area (Å²) in [6.45, 7) is 4.98. The molecule has 0 aliphatic rings. The van der Waals surface area contributed by atoms with Crippen molar-refractivity contribution < 1.29 is 4.74 Å². The van der Waals surface area contributed by atoms with Gasteiger partial charge in [-0.25, -0.2) is 0 Å². The summed E-state index contributed by atoms with van der Waals surface area (Å²) in [5, 5.41) is 3.09. The summed E-state index contributed by atoms with van der Waals surface area (Å²) in [6.07, 6.45) is 2.72. The Bertz CT molecular complexity index is 266. The van der Waals surface area contributed by atoms with Crippen molar-refractivity contribution in [2.45, 2.75) is 6.42 Å². The molecule has 0 amide bonds. The minimum absolute atomic E-state index is 0.634. The largest absolute Gasteiger partial charge is 0.388 e. The van der Waals surface area contributed by atoms with Crippen LogP contribution < -0.4 is 5.32 Å².